The van der Waals surface area contributed by atoms with Gasteiger partial charge in [0.15, 0.2) is 0 Å². The van der Waals surface area contributed by atoms with Gasteiger partial charge in [-0.2, -0.15) is 0 Å². The molecule has 0 spiro atoms. The SMILES string of the molecule is CCCCCCCCCCCCCCCOC(=O)CCC(=O)OCc1ccc(C)cc1. The van der Waals surface area contributed by atoms with Gasteiger partial charge in [-0.3, -0.25) is 9.59 Å². The second kappa shape index (κ2) is 18.9. The maximum absolute atomic E-state index is 11.8. The molecule has 0 amide bonds. The maximum Gasteiger partial charge on any atom is 0.306 e. The number of hydrogen-bond acceptors (Lipinski definition) is 4. The molecule has 0 aliphatic heterocycles. The van der Waals surface area contributed by atoms with E-state index in [1.165, 1.54) is 76.2 Å². The molecule has 0 aliphatic rings. The second-order valence-corrected chi connectivity index (χ2v) is 8.61. The highest BCUT2D eigenvalue weighted by atomic mass is 16.5. The molecule has 4 nitrogen and oxygen atoms in total. The summed E-state index contributed by atoms with van der Waals surface area (Å²) in [6, 6.07) is 7.84. The van der Waals surface area contributed by atoms with E-state index in [4.69, 9.17) is 9.47 Å². The van der Waals surface area contributed by atoms with Crippen LogP contribution in [0.15, 0.2) is 24.3 Å². The Bertz CT molecular complexity index is 579. The first-order valence-electron chi connectivity index (χ1n) is 12.5. The highest BCUT2D eigenvalue weighted by Gasteiger charge is 2.09. The molecule has 0 N–H and O–H groups in total. The van der Waals surface area contributed by atoms with E-state index < -0.39 is 0 Å². The molecule has 31 heavy (non-hydrogen) atoms. The van der Waals surface area contributed by atoms with Gasteiger partial charge in [-0.25, -0.2) is 0 Å². The van der Waals surface area contributed by atoms with Crippen LogP contribution < -0.4 is 0 Å². The minimum absolute atomic E-state index is 0.0727. The van der Waals surface area contributed by atoms with Crippen LogP contribution in [0.2, 0.25) is 0 Å². The summed E-state index contributed by atoms with van der Waals surface area (Å²) in [7, 11) is 0. The topological polar surface area (TPSA) is 52.6 Å². The van der Waals surface area contributed by atoms with Crippen LogP contribution in [0, 0.1) is 6.92 Å². The van der Waals surface area contributed by atoms with E-state index in [2.05, 4.69) is 6.92 Å². The number of ether oxygens (including phenoxy) is 2. The summed E-state index contributed by atoms with van der Waals surface area (Å²) in [4.78, 5) is 23.5. The molecule has 0 atom stereocenters. The van der Waals surface area contributed by atoms with E-state index in [1.54, 1.807) is 0 Å². The molecule has 1 aromatic carbocycles. The zero-order chi connectivity index (χ0) is 22.6. The molecule has 1 aromatic rings. The van der Waals surface area contributed by atoms with Crippen molar-refractivity contribution in [3.63, 3.8) is 0 Å². The van der Waals surface area contributed by atoms with Gasteiger partial charge in [0.1, 0.15) is 6.61 Å². The lowest BCUT2D eigenvalue weighted by molar-refractivity contribution is -0.151. The zero-order valence-corrected chi connectivity index (χ0v) is 20.0. The molecule has 0 aliphatic carbocycles. The summed E-state index contributed by atoms with van der Waals surface area (Å²) in [5.41, 5.74) is 2.12. The van der Waals surface area contributed by atoms with Gasteiger partial charge in [-0.1, -0.05) is 114 Å². The molecule has 0 fully saturated rings. The van der Waals surface area contributed by atoms with Crippen molar-refractivity contribution < 1.29 is 19.1 Å². The fraction of sp³-hybridized carbons (Fsp3) is 0.704. The zero-order valence-electron chi connectivity index (χ0n) is 20.0. The minimum Gasteiger partial charge on any atom is -0.466 e. The third-order valence-corrected chi connectivity index (χ3v) is 5.56. The summed E-state index contributed by atoms with van der Waals surface area (Å²) in [5.74, 6) is -0.676. The summed E-state index contributed by atoms with van der Waals surface area (Å²) < 4.78 is 10.4. The molecular weight excluding hydrogens is 388 g/mol. The van der Waals surface area contributed by atoms with Crippen LogP contribution in [-0.2, 0) is 25.7 Å². The van der Waals surface area contributed by atoms with Crippen LogP contribution in [0.4, 0.5) is 0 Å². The molecule has 0 bridgehead atoms. The molecule has 0 saturated carbocycles. The minimum atomic E-state index is -0.363. The Morgan fingerprint density at radius 2 is 1.10 bits per heavy atom. The number of benzene rings is 1. The summed E-state index contributed by atoms with van der Waals surface area (Å²) in [5, 5.41) is 0. The lowest BCUT2D eigenvalue weighted by Crippen LogP contribution is -2.11. The van der Waals surface area contributed by atoms with Crippen molar-refractivity contribution >= 4 is 11.9 Å². The lowest BCUT2D eigenvalue weighted by atomic mass is 10.0. The Morgan fingerprint density at radius 1 is 0.645 bits per heavy atom. The Kier molecular flexibility index (Phi) is 16.6. The van der Waals surface area contributed by atoms with Gasteiger partial charge in [0.25, 0.3) is 0 Å². The van der Waals surface area contributed by atoms with Crippen LogP contribution in [0.25, 0.3) is 0 Å². The smallest absolute Gasteiger partial charge is 0.306 e. The summed E-state index contributed by atoms with van der Waals surface area (Å²) in [6.07, 6.45) is 17.0. The van der Waals surface area contributed by atoms with Gasteiger partial charge in [-0.15, -0.1) is 0 Å². The van der Waals surface area contributed by atoms with Crippen LogP contribution >= 0.6 is 0 Å². The molecule has 0 aromatic heterocycles. The highest BCUT2D eigenvalue weighted by molar-refractivity contribution is 5.77. The highest BCUT2D eigenvalue weighted by Crippen LogP contribution is 2.12. The first-order chi connectivity index (χ1) is 15.1. The molecule has 0 heterocycles. The average molecular weight is 433 g/mol. The normalized spacial score (nSPS) is 10.8. The third-order valence-electron chi connectivity index (χ3n) is 5.56. The Hall–Kier alpha value is -1.84. The van der Waals surface area contributed by atoms with E-state index in [9.17, 15) is 9.59 Å². The Labute approximate surface area is 190 Å². The third kappa shape index (κ3) is 16.5. The van der Waals surface area contributed by atoms with E-state index in [0.29, 0.717) is 6.61 Å². The molecule has 4 heteroatoms. The van der Waals surface area contributed by atoms with Crippen LogP contribution in [0.1, 0.15) is 114 Å². The van der Waals surface area contributed by atoms with Crippen molar-refractivity contribution in [3.8, 4) is 0 Å². The first kappa shape index (κ1) is 27.2. The van der Waals surface area contributed by atoms with Gasteiger partial charge >= 0.3 is 11.9 Å². The molecule has 176 valence electrons. The number of hydrogen-bond donors (Lipinski definition) is 0. The quantitative estimate of drug-likeness (QED) is 0.168. The number of aryl methyl sites for hydroxylation is 1. The van der Waals surface area contributed by atoms with Crippen LogP contribution in [-0.4, -0.2) is 18.5 Å². The van der Waals surface area contributed by atoms with E-state index in [-0.39, 0.29) is 31.4 Å². The van der Waals surface area contributed by atoms with Crippen molar-refractivity contribution in [1.82, 2.24) is 0 Å². The number of rotatable bonds is 19. The number of carbonyl (C=O) groups excluding carboxylic acids is 2. The van der Waals surface area contributed by atoms with Crippen molar-refractivity contribution in [2.24, 2.45) is 0 Å². The molecule has 0 radical (unpaired) electrons. The molecule has 1 rings (SSSR count). The molecule has 0 saturated heterocycles. The van der Waals surface area contributed by atoms with Gasteiger partial charge < -0.3 is 9.47 Å². The molecule has 0 unspecified atom stereocenters. The maximum atomic E-state index is 11.8. The standard InChI is InChI=1S/C27H44O4/c1-3-4-5-6-7-8-9-10-11-12-13-14-15-22-30-26(28)20-21-27(29)31-23-25-18-16-24(2)17-19-25/h16-19H,3-15,20-23H2,1-2H3. The van der Waals surface area contributed by atoms with Crippen molar-refractivity contribution in [1.29, 1.82) is 0 Å². The lowest BCUT2D eigenvalue weighted by Gasteiger charge is -2.06. The number of esters is 2. The number of carbonyl (C=O) groups is 2. The van der Waals surface area contributed by atoms with E-state index in [1.807, 2.05) is 31.2 Å². The van der Waals surface area contributed by atoms with Crippen molar-refractivity contribution in [2.45, 2.75) is 117 Å². The predicted octanol–water partition coefficient (Wildman–Crippen LogP) is 7.45. The first-order valence-corrected chi connectivity index (χ1v) is 12.5. The van der Waals surface area contributed by atoms with Crippen molar-refractivity contribution in [2.75, 3.05) is 6.61 Å². The van der Waals surface area contributed by atoms with E-state index in [0.717, 1.165) is 18.4 Å². The second-order valence-electron chi connectivity index (χ2n) is 8.61. The summed E-state index contributed by atoms with van der Waals surface area (Å²) in [6.45, 7) is 4.97. The Morgan fingerprint density at radius 3 is 1.61 bits per heavy atom. The fourth-order valence-corrected chi connectivity index (χ4v) is 3.50. The van der Waals surface area contributed by atoms with Gasteiger partial charge in [0.05, 0.1) is 19.4 Å². The summed E-state index contributed by atoms with van der Waals surface area (Å²) >= 11 is 0. The monoisotopic (exact) mass is 432 g/mol. The van der Waals surface area contributed by atoms with E-state index >= 15 is 0 Å². The predicted molar refractivity (Wildman–Crippen MR) is 127 cm³/mol. The van der Waals surface area contributed by atoms with Crippen LogP contribution in [0.3, 0.4) is 0 Å². The van der Waals surface area contributed by atoms with Crippen molar-refractivity contribution in [3.05, 3.63) is 35.4 Å². The number of unbranched alkanes of at least 4 members (excludes halogenated alkanes) is 12. The van der Waals surface area contributed by atoms with Gasteiger partial charge in [-0.05, 0) is 18.9 Å². The Balaban J connectivity index is 1.86. The van der Waals surface area contributed by atoms with Gasteiger partial charge in [0.2, 0.25) is 0 Å². The van der Waals surface area contributed by atoms with Crippen LogP contribution in [0.5, 0.6) is 0 Å². The largest absolute Gasteiger partial charge is 0.466 e. The fourth-order valence-electron chi connectivity index (χ4n) is 3.50. The van der Waals surface area contributed by atoms with Gasteiger partial charge in [0, 0.05) is 0 Å². The molecular formula is C27H44O4. The average Bonchev–Trinajstić information content (AvgIpc) is 2.77.